The molecular formula is C13H16ClN3O6S. The Morgan fingerprint density at radius 2 is 2.00 bits per heavy atom. The SMILES string of the molecule is CC(=O)NC(CCS(C)(=O)=O)C(=O)Nc1ccc([N+](=O)[O-])cc1Cl. The van der Waals surface area contributed by atoms with E-state index < -0.39 is 32.6 Å². The van der Waals surface area contributed by atoms with Crippen LogP contribution in [0.1, 0.15) is 13.3 Å². The number of sulfone groups is 1. The van der Waals surface area contributed by atoms with Gasteiger partial charge in [-0.2, -0.15) is 0 Å². The maximum atomic E-state index is 12.2. The highest BCUT2D eigenvalue weighted by atomic mass is 35.5. The number of non-ortho nitro benzene ring substituents is 1. The smallest absolute Gasteiger partial charge is 0.271 e. The lowest BCUT2D eigenvalue weighted by molar-refractivity contribution is -0.384. The molecule has 24 heavy (non-hydrogen) atoms. The highest BCUT2D eigenvalue weighted by Crippen LogP contribution is 2.26. The lowest BCUT2D eigenvalue weighted by atomic mass is 10.2. The number of hydrogen-bond acceptors (Lipinski definition) is 6. The molecule has 1 aromatic rings. The summed E-state index contributed by atoms with van der Waals surface area (Å²) in [6, 6.07) is 2.40. The summed E-state index contributed by atoms with van der Waals surface area (Å²) in [7, 11) is -3.32. The monoisotopic (exact) mass is 377 g/mol. The van der Waals surface area contributed by atoms with Crippen molar-refractivity contribution < 1.29 is 22.9 Å². The molecule has 11 heteroatoms. The van der Waals surface area contributed by atoms with Crippen LogP contribution in [0.3, 0.4) is 0 Å². The number of rotatable bonds is 7. The first-order valence-corrected chi connectivity index (χ1v) is 9.13. The van der Waals surface area contributed by atoms with Gasteiger partial charge in [0.2, 0.25) is 11.8 Å². The third-order valence-corrected chi connectivity index (χ3v) is 4.18. The summed E-state index contributed by atoms with van der Waals surface area (Å²) in [4.78, 5) is 33.4. The van der Waals surface area contributed by atoms with Gasteiger partial charge < -0.3 is 10.6 Å². The Bertz CT molecular complexity index is 765. The molecule has 0 aliphatic heterocycles. The molecule has 0 fully saturated rings. The Balaban J connectivity index is 2.91. The number of hydrogen-bond donors (Lipinski definition) is 2. The average Bonchev–Trinajstić information content (AvgIpc) is 2.43. The van der Waals surface area contributed by atoms with E-state index in [2.05, 4.69) is 10.6 Å². The van der Waals surface area contributed by atoms with Crippen molar-refractivity contribution in [2.45, 2.75) is 19.4 Å². The zero-order valence-corrected chi connectivity index (χ0v) is 14.5. The molecule has 132 valence electrons. The Morgan fingerprint density at radius 1 is 1.38 bits per heavy atom. The molecule has 1 unspecified atom stereocenters. The maximum absolute atomic E-state index is 12.2. The van der Waals surface area contributed by atoms with Crippen LogP contribution in [-0.4, -0.2) is 43.2 Å². The van der Waals surface area contributed by atoms with Gasteiger partial charge in [0.25, 0.3) is 5.69 Å². The van der Waals surface area contributed by atoms with E-state index in [0.29, 0.717) is 0 Å². The van der Waals surface area contributed by atoms with Gasteiger partial charge in [-0.1, -0.05) is 11.6 Å². The number of amides is 2. The summed E-state index contributed by atoms with van der Waals surface area (Å²) in [5, 5.41) is 15.4. The van der Waals surface area contributed by atoms with Crippen molar-refractivity contribution in [3.8, 4) is 0 Å². The lowest BCUT2D eigenvalue weighted by Crippen LogP contribution is -2.43. The fourth-order valence-electron chi connectivity index (χ4n) is 1.78. The fourth-order valence-corrected chi connectivity index (χ4v) is 2.67. The highest BCUT2D eigenvalue weighted by molar-refractivity contribution is 7.90. The summed E-state index contributed by atoms with van der Waals surface area (Å²) < 4.78 is 22.5. The van der Waals surface area contributed by atoms with E-state index in [1.807, 2.05) is 0 Å². The van der Waals surface area contributed by atoms with Crippen molar-refractivity contribution >= 4 is 44.6 Å². The first-order valence-electron chi connectivity index (χ1n) is 6.69. The van der Waals surface area contributed by atoms with Crippen molar-refractivity contribution in [2.24, 2.45) is 0 Å². The average molecular weight is 378 g/mol. The molecule has 2 N–H and O–H groups in total. The van der Waals surface area contributed by atoms with Crippen molar-refractivity contribution in [1.82, 2.24) is 5.32 Å². The predicted molar refractivity (Wildman–Crippen MR) is 88.7 cm³/mol. The number of nitro benzene ring substituents is 1. The van der Waals surface area contributed by atoms with Gasteiger partial charge in [0, 0.05) is 25.3 Å². The Hall–Kier alpha value is -2.20. The van der Waals surface area contributed by atoms with Crippen molar-refractivity contribution in [1.29, 1.82) is 0 Å². The second kappa shape index (κ2) is 8.06. The minimum Gasteiger partial charge on any atom is -0.345 e. The van der Waals surface area contributed by atoms with Crippen LogP contribution >= 0.6 is 11.6 Å². The van der Waals surface area contributed by atoms with Crippen LogP contribution in [0.5, 0.6) is 0 Å². The van der Waals surface area contributed by atoms with E-state index >= 15 is 0 Å². The summed E-state index contributed by atoms with van der Waals surface area (Å²) in [5.74, 6) is -1.47. The van der Waals surface area contributed by atoms with Crippen molar-refractivity contribution in [3.05, 3.63) is 33.3 Å². The van der Waals surface area contributed by atoms with Crippen LogP contribution < -0.4 is 10.6 Å². The van der Waals surface area contributed by atoms with Crippen LogP contribution in [-0.2, 0) is 19.4 Å². The van der Waals surface area contributed by atoms with E-state index in [4.69, 9.17) is 11.6 Å². The van der Waals surface area contributed by atoms with E-state index in [-0.39, 0.29) is 28.6 Å². The van der Waals surface area contributed by atoms with Crippen LogP contribution in [0.25, 0.3) is 0 Å². The molecule has 0 aromatic heterocycles. The summed E-state index contributed by atoms with van der Waals surface area (Å²) >= 11 is 5.88. The van der Waals surface area contributed by atoms with Gasteiger partial charge in [0.15, 0.2) is 0 Å². The number of nitro groups is 1. The molecule has 0 spiro atoms. The van der Waals surface area contributed by atoms with Crippen LogP contribution in [0.4, 0.5) is 11.4 Å². The molecule has 1 rings (SSSR count). The molecule has 9 nitrogen and oxygen atoms in total. The van der Waals surface area contributed by atoms with E-state index in [1.165, 1.54) is 13.0 Å². The number of benzene rings is 1. The quantitative estimate of drug-likeness (QED) is 0.540. The van der Waals surface area contributed by atoms with Crippen molar-refractivity contribution in [3.63, 3.8) is 0 Å². The molecule has 0 aliphatic rings. The minimum absolute atomic E-state index is 0.0535. The molecule has 0 bridgehead atoms. The topological polar surface area (TPSA) is 135 Å². The van der Waals surface area contributed by atoms with Crippen molar-refractivity contribution in [2.75, 3.05) is 17.3 Å². The highest BCUT2D eigenvalue weighted by Gasteiger charge is 2.22. The van der Waals surface area contributed by atoms with Gasteiger partial charge in [0.05, 0.1) is 21.4 Å². The molecule has 2 amide bonds. The molecule has 1 aromatic carbocycles. The zero-order chi connectivity index (χ0) is 18.5. The van der Waals surface area contributed by atoms with E-state index in [0.717, 1.165) is 18.4 Å². The first-order chi connectivity index (χ1) is 11.0. The molecule has 0 aliphatic carbocycles. The molecule has 0 radical (unpaired) electrons. The number of carbonyl (C=O) groups is 2. The number of nitrogens with one attached hydrogen (secondary N) is 2. The molecule has 0 saturated carbocycles. The van der Waals surface area contributed by atoms with E-state index in [1.54, 1.807) is 0 Å². The lowest BCUT2D eigenvalue weighted by Gasteiger charge is -2.17. The normalized spacial score (nSPS) is 12.3. The Morgan fingerprint density at radius 3 is 2.46 bits per heavy atom. The van der Waals surface area contributed by atoms with E-state index in [9.17, 15) is 28.1 Å². The molecule has 1 atom stereocenters. The molecule has 0 saturated heterocycles. The maximum Gasteiger partial charge on any atom is 0.271 e. The van der Waals surface area contributed by atoms with Gasteiger partial charge in [-0.3, -0.25) is 19.7 Å². The second-order valence-corrected chi connectivity index (χ2v) is 7.75. The predicted octanol–water partition coefficient (Wildman–Crippen LogP) is 1.13. The standard InChI is InChI=1S/C13H16ClN3O6S/c1-8(18)15-12(5-6-24(2,22)23)13(19)16-11-4-3-9(17(20)21)7-10(11)14/h3-4,7,12H,5-6H2,1-2H3,(H,15,18)(H,16,19). The third-order valence-electron chi connectivity index (χ3n) is 2.89. The summed E-state index contributed by atoms with van der Waals surface area (Å²) in [6.07, 6.45) is 0.901. The van der Waals surface area contributed by atoms with Gasteiger partial charge in [0.1, 0.15) is 15.9 Å². The van der Waals surface area contributed by atoms with Gasteiger partial charge in [-0.05, 0) is 12.5 Å². The largest absolute Gasteiger partial charge is 0.345 e. The minimum atomic E-state index is -3.32. The molecular weight excluding hydrogens is 362 g/mol. The third kappa shape index (κ3) is 6.50. The van der Waals surface area contributed by atoms with Gasteiger partial charge >= 0.3 is 0 Å². The van der Waals surface area contributed by atoms with Crippen LogP contribution in [0.2, 0.25) is 5.02 Å². The fraction of sp³-hybridized carbons (Fsp3) is 0.385. The van der Waals surface area contributed by atoms with Gasteiger partial charge in [-0.25, -0.2) is 8.42 Å². The number of nitrogens with zero attached hydrogens (tertiary/aromatic N) is 1. The summed E-state index contributed by atoms with van der Waals surface area (Å²) in [6.45, 7) is 1.19. The summed E-state index contributed by atoms with van der Waals surface area (Å²) in [5.41, 5.74) is -0.129. The Kier molecular flexibility index (Phi) is 6.67. The second-order valence-electron chi connectivity index (χ2n) is 5.08. The first kappa shape index (κ1) is 19.8. The van der Waals surface area contributed by atoms with Crippen LogP contribution in [0.15, 0.2) is 18.2 Å². The van der Waals surface area contributed by atoms with Gasteiger partial charge in [-0.15, -0.1) is 0 Å². The van der Waals surface area contributed by atoms with Crippen LogP contribution in [0, 0.1) is 10.1 Å². The number of carbonyl (C=O) groups excluding carboxylic acids is 2. The zero-order valence-electron chi connectivity index (χ0n) is 12.9. The molecule has 0 heterocycles. The number of anilines is 1. The number of halogens is 1. The Labute approximate surface area is 143 Å².